The SMILES string of the molecule is Cc1cccc(C2CC(=O)C(C(=O)c3ccc(Cl)cc3Cl)C(=O)C2)c1. The second-order valence-electron chi connectivity index (χ2n) is 6.37. The first-order chi connectivity index (χ1) is 11.9. The lowest BCUT2D eigenvalue weighted by molar-refractivity contribution is -0.133. The van der Waals surface area contributed by atoms with Gasteiger partial charge in [0.1, 0.15) is 5.92 Å². The van der Waals surface area contributed by atoms with Gasteiger partial charge in [-0.05, 0) is 36.6 Å². The molecule has 0 spiro atoms. The van der Waals surface area contributed by atoms with Crippen molar-refractivity contribution < 1.29 is 14.4 Å². The normalized spacial score (nSPS) is 20.6. The molecule has 2 aromatic rings. The van der Waals surface area contributed by atoms with Crippen LogP contribution in [0, 0.1) is 12.8 Å². The second kappa shape index (κ2) is 7.11. The Kier molecular flexibility index (Phi) is 5.07. The van der Waals surface area contributed by atoms with E-state index >= 15 is 0 Å². The molecule has 0 heterocycles. The summed E-state index contributed by atoms with van der Waals surface area (Å²) in [5, 5.41) is 0.543. The van der Waals surface area contributed by atoms with Crippen LogP contribution >= 0.6 is 23.2 Å². The molecule has 1 aliphatic carbocycles. The Bertz CT molecular complexity index is 855. The third-order valence-corrected chi connectivity index (χ3v) is 5.06. The summed E-state index contributed by atoms with van der Waals surface area (Å²) in [5.74, 6) is -2.68. The van der Waals surface area contributed by atoms with Crippen LogP contribution in [-0.2, 0) is 9.59 Å². The summed E-state index contributed by atoms with van der Waals surface area (Å²) < 4.78 is 0. The zero-order chi connectivity index (χ0) is 18.1. The van der Waals surface area contributed by atoms with Crippen LogP contribution in [0.1, 0.15) is 40.2 Å². The van der Waals surface area contributed by atoms with E-state index < -0.39 is 11.7 Å². The van der Waals surface area contributed by atoms with Crippen molar-refractivity contribution in [2.24, 2.45) is 5.92 Å². The van der Waals surface area contributed by atoms with E-state index in [-0.39, 0.29) is 40.9 Å². The number of aryl methyl sites for hydroxylation is 1. The standard InChI is InChI=1S/C20H16Cl2O3/c1-11-3-2-4-12(7-11)13-8-17(23)19(18(24)9-13)20(25)15-6-5-14(21)10-16(15)22/h2-7,10,13,19H,8-9H2,1H3. The number of carbonyl (C=O) groups is 3. The Labute approximate surface area is 155 Å². The highest BCUT2D eigenvalue weighted by molar-refractivity contribution is 6.38. The first-order valence-electron chi connectivity index (χ1n) is 7.98. The van der Waals surface area contributed by atoms with Gasteiger partial charge in [-0.15, -0.1) is 0 Å². The van der Waals surface area contributed by atoms with Crippen molar-refractivity contribution in [1.82, 2.24) is 0 Å². The molecule has 0 N–H and O–H groups in total. The fourth-order valence-corrected chi connectivity index (χ4v) is 3.77. The summed E-state index contributed by atoms with van der Waals surface area (Å²) in [6.07, 6.45) is 0.355. The Morgan fingerprint density at radius 1 is 1.00 bits per heavy atom. The van der Waals surface area contributed by atoms with Crippen molar-refractivity contribution in [3.05, 3.63) is 69.2 Å². The summed E-state index contributed by atoms with van der Waals surface area (Å²) in [5.41, 5.74) is 2.19. The molecule has 1 fully saturated rings. The average Bonchev–Trinajstić information content (AvgIpc) is 2.54. The van der Waals surface area contributed by atoms with Gasteiger partial charge in [0.25, 0.3) is 0 Å². The van der Waals surface area contributed by atoms with E-state index in [0.29, 0.717) is 5.02 Å². The third kappa shape index (κ3) is 3.68. The molecule has 3 nitrogen and oxygen atoms in total. The van der Waals surface area contributed by atoms with Crippen LogP contribution in [-0.4, -0.2) is 17.3 Å². The molecule has 0 unspecified atom stereocenters. The maximum absolute atomic E-state index is 12.7. The zero-order valence-corrected chi connectivity index (χ0v) is 15.1. The summed E-state index contributed by atoms with van der Waals surface area (Å²) >= 11 is 11.9. The monoisotopic (exact) mass is 374 g/mol. The minimum Gasteiger partial charge on any atom is -0.298 e. The van der Waals surface area contributed by atoms with Crippen LogP contribution in [0.4, 0.5) is 0 Å². The topological polar surface area (TPSA) is 51.2 Å². The summed E-state index contributed by atoms with van der Waals surface area (Å²) in [4.78, 5) is 37.8. The molecule has 3 rings (SSSR count). The zero-order valence-electron chi connectivity index (χ0n) is 13.6. The van der Waals surface area contributed by atoms with Crippen LogP contribution in [0.5, 0.6) is 0 Å². The average molecular weight is 375 g/mol. The number of halogens is 2. The quantitative estimate of drug-likeness (QED) is 0.571. The number of rotatable bonds is 3. The molecule has 0 amide bonds. The van der Waals surface area contributed by atoms with Crippen molar-refractivity contribution in [2.75, 3.05) is 0 Å². The van der Waals surface area contributed by atoms with Gasteiger partial charge in [-0.1, -0.05) is 53.0 Å². The minimum atomic E-state index is -1.26. The molecule has 5 heteroatoms. The van der Waals surface area contributed by atoms with Gasteiger partial charge in [-0.2, -0.15) is 0 Å². The fourth-order valence-electron chi connectivity index (χ4n) is 3.27. The molecular weight excluding hydrogens is 359 g/mol. The molecule has 0 atom stereocenters. The van der Waals surface area contributed by atoms with E-state index in [4.69, 9.17) is 23.2 Å². The number of Topliss-reactive ketones (excluding diaryl/α,β-unsaturated/α-hetero) is 3. The van der Waals surface area contributed by atoms with Crippen molar-refractivity contribution in [1.29, 1.82) is 0 Å². The van der Waals surface area contributed by atoms with E-state index in [1.54, 1.807) is 0 Å². The minimum absolute atomic E-state index is 0.152. The highest BCUT2D eigenvalue weighted by atomic mass is 35.5. The predicted octanol–water partition coefficient (Wildman–Crippen LogP) is 4.82. The van der Waals surface area contributed by atoms with Crippen molar-refractivity contribution in [3.63, 3.8) is 0 Å². The molecule has 0 aromatic heterocycles. The van der Waals surface area contributed by atoms with E-state index in [1.807, 2.05) is 31.2 Å². The second-order valence-corrected chi connectivity index (χ2v) is 7.22. The molecule has 1 aliphatic rings. The number of hydrogen-bond donors (Lipinski definition) is 0. The van der Waals surface area contributed by atoms with Gasteiger partial charge in [0.05, 0.1) is 5.02 Å². The van der Waals surface area contributed by atoms with Crippen LogP contribution in [0.3, 0.4) is 0 Å². The molecule has 0 saturated heterocycles. The van der Waals surface area contributed by atoms with Crippen molar-refractivity contribution >= 4 is 40.6 Å². The van der Waals surface area contributed by atoms with E-state index in [9.17, 15) is 14.4 Å². The molecule has 0 bridgehead atoms. The summed E-state index contributed by atoms with van der Waals surface area (Å²) in [6, 6.07) is 12.2. The van der Waals surface area contributed by atoms with E-state index in [1.165, 1.54) is 18.2 Å². The van der Waals surface area contributed by atoms with E-state index in [2.05, 4.69) is 0 Å². The first-order valence-corrected chi connectivity index (χ1v) is 8.73. The van der Waals surface area contributed by atoms with Crippen LogP contribution in [0.15, 0.2) is 42.5 Å². The van der Waals surface area contributed by atoms with Gasteiger partial charge in [-0.3, -0.25) is 14.4 Å². The highest BCUT2D eigenvalue weighted by Crippen LogP contribution is 2.34. The molecule has 2 aromatic carbocycles. The van der Waals surface area contributed by atoms with Gasteiger partial charge in [0, 0.05) is 23.4 Å². The van der Waals surface area contributed by atoms with Gasteiger partial charge >= 0.3 is 0 Å². The lowest BCUT2D eigenvalue weighted by atomic mass is 9.74. The Hall–Kier alpha value is -1.97. The summed E-state index contributed by atoms with van der Waals surface area (Å²) in [7, 11) is 0. The Morgan fingerprint density at radius 2 is 1.68 bits per heavy atom. The summed E-state index contributed by atoms with van der Waals surface area (Å²) in [6.45, 7) is 1.96. The van der Waals surface area contributed by atoms with Crippen molar-refractivity contribution in [3.8, 4) is 0 Å². The Balaban J connectivity index is 1.84. The van der Waals surface area contributed by atoms with Gasteiger partial charge in [-0.25, -0.2) is 0 Å². The highest BCUT2D eigenvalue weighted by Gasteiger charge is 2.41. The molecule has 25 heavy (non-hydrogen) atoms. The third-order valence-electron chi connectivity index (χ3n) is 4.51. The van der Waals surface area contributed by atoms with Gasteiger partial charge in [0.15, 0.2) is 17.3 Å². The van der Waals surface area contributed by atoms with Crippen LogP contribution in [0.25, 0.3) is 0 Å². The van der Waals surface area contributed by atoms with Crippen LogP contribution in [0.2, 0.25) is 10.0 Å². The number of hydrogen-bond acceptors (Lipinski definition) is 3. The number of carbonyl (C=O) groups excluding carboxylic acids is 3. The largest absolute Gasteiger partial charge is 0.298 e. The lowest BCUT2D eigenvalue weighted by Gasteiger charge is -2.26. The maximum Gasteiger partial charge on any atom is 0.182 e. The van der Waals surface area contributed by atoms with Crippen LogP contribution < -0.4 is 0 Å². The maximum atomic E-state index is 12.7. The van der Waals surface area contributed by atoms with Crippen molar-refractivity contribution in [2.45, 2.75) is 25.7 Å². The molecular formula is C20H16Cl2O3. The molecule has 128 valence electrons. The lowest BCUT2D eigenvalue weighted by Crippen LogP contribution is -2.38. The number of benzene rings is 2. The smallest absolute Gasteiger partial charge is 0.182 e. The van der Waals surface area contributed by atoms with Gasteiger partial charge in [0.2, 0.25) is 0 Å². The van der Waals surface area contributed by atoms with Gasteiger partial charge < -0.3 is 0 Å². The number of ketones is 3. The Morgan fingerprint density at radius 3 is 2.28 bits per heavy atom. The molecule has 0 radical (unpaired) electrons. The first kappa shape index (κ1) is 17.8. The predicted molar refractivity (Wildman–Crippen MR) is 97.5 cm³/mol. The fraction of sp³-hybridized carbons (Fsp3) is 0.250. The molecule has 0 aliphatic heterocycles. The van der Waals surface area contributed by atoms with E-state index in [0.717, 1.165) is 11.1 Å². The molecule has 1 saturated carbocycles.